The second-order valence-corrected chi connectivity index (χ2v) is 6.04. The zero-order valence-corrected chi connectivity index (χ0v) is 13.8. The number of hydrogen-bond donors (Lipinski definition) is 0. The molecule has 0 bridgehead atoms. The minimum Gasteiger partial charge on any atom is -0.739 e. The van der Waals surface area contributed by atoms with E-state index in [1.807, 2.05) is 6.92 Å². The maximum Gasteiger partial charge on any atom is 1.00 e. The molecular formula is C8H17NaO6S2. The molecule has 0 heterocycles. The molecule has 0 unspecified atom stereocenters. The van der Waals surface area contributed by atoms with Crippen LogP contribution in [0.5, 0.6) is 0 Å². The largest absolute Gasteiger partial charge is 1.00 e. The minimum atomic E-state index is -4.19. The van der Waals surface area contributed by atoms with Gasteiger partial charge in [-0.05, 0) is 17.7 Å². The summed E-state index contributed by atoms with van der Waals surface area (Å²) in [6.45, 7) is 4.68. The van der Waals surface area contributed by atoms with Crippen LogP contribution in [0.3, 0.4) is 0 Å². The summed E-state index contributed by atoms with van der Waals surface area (Å²) >= 11 is 0. The van der Waals surface area contributed by atoms with E-state index < -0.39 is 9.15 Å². The monoisotopic (exact) mass is 296 g/mol. The standard InChI is InChI=1S/C8H18O6S2.Na/c1-2-12-3-4-13-5-6-14-7-8-15-16(9,10)11;/h2-8H2,1H3,(H,9,10,11);/q;+1/p-1. The molecule has 0 saturated heterocycles. The van der Waals surface area contributed by atoms with E-state index in [2.05, 4.69) is 0 Å². The maximum absolute atomic E-state index is 10.2. The van der Waals surface area contributed by atoms with Crippen LogP contribution in [0.2, 0.25) is 0 Å². The molecule has 0 fully saturated rings. The van der Waals surface area contributed by atoms with Crippen molar-refractivity contribution >= 4 is 19.9 Å². The third-order valence-corrected chi connectivity index (χ3v) is 3.39. The van der Waals surface area contributed by atoms with Crippen molar-refractivity contribution < 1.29 is 56.7 Å². The van der Waals surface area contributed by atoms with Crippen molar-refractivity contribution in [3.8, 4) is 0 Å². The normalized spacial score (nSPS) is 11.2. The van der Waals surface area contributed by atoms with E-state index >= 15 is 0 Å². The zero-order valence-electron chi connectivity index (χ0n) is 10.2. The van der Waals surface area contributed by atoms with Gasteiger partial charge in [0.05, 0.1) is 33.0 Å². The molecule has 17 heavy (non-hydrogen) atoms. The topological polar surface area (TPSA) is 84.9 Å². The van der Waals surface area contributed by atoms with E-state index in [1.54, 1.807) is 0 Å². The van der Waals surface area contributed by atoms with Gasteiger partial charge in [-0.1, -0.05) is 0 Å². The predicted octanol–water partition coefficient (Wildman–Crippen LogP) is -2.75. The van der Waals surface area contributed by atoms with Gasteiger partial charge in [0.25, 0.3) is 0 Å². The van der Waals surface area contributed by atoms with Crippen molar-refractivity contribution in [2.75, 3.05) is 45.4 Å². The van der Waals surface area contributed by atoms with E-state index in [4.69, 9.17) is 14.2 Å². The number of ether oxygens (including phenoxy) is 3. The fraction of sp³-hybridized carbons (Fsp3) is 1.00. The second kappa shape index (κ2) is 13.6. The van der Waals surface area contributed by atoms with Crippen LogP contribution < -0.4 is 29.6 Å². The van der Waals surface area contributed by atoms with E-state index in [0.717, 1.165) is 0 Å². The van der Waals surface area contributed by atoms with Gasteiger partial charge in [-0.3, -0.25) is 0 Å². The Morgan fingerprint density at radius 3 is 1.94 bits per heavy atom. The van der Waals surface area contributed by atoms with Gasteiger partial charge >= 0.3 is 29.6 Å². The van der Waals surface area contributed by atoms with Crippen molar-refractivity contribution in [2.24, 2.45) is 0 Å². The van der Waals surface area contributed by atoms with Crippen LogP contribution in [-0.2, 0) is 23.4 Å². The Morgan fingerprint density at radius 2 is 1.47 bits per heavy atom. The van der Waals surface area contributed by atoms with E-state index in [-0.39, 0.29) is 41.9 Å². The Hall–Kier alpha value is 1.14. The van der Waals surface area contributed by atoms with Crippen LogP contribution in [0.25, 0.3) is 0 Å². The summed E-state index contributed by atoms with van der Waals surface area (Å²) in [6, 6.07) is 0. The first-order valence-corrected chi connectivity index (χ1v) is 7.81. The van der Waals surface area contributed by atoms with Gasteiger partial charge in [0.2, 0.25) is 0 Å². The minimum absolute atomic E-state index is 0. The third-order valence-electron chi connectivity index (χ3n) is 1.40. The zero-order chi connectivity index (χ0) is 12.3. The first-order chi connectivity index (χ1) is 7.56. The molecule has 0 aromatic carbocycles. The van der Waals surface area contributed by atoms with E-state index in [1.165, 1.54) is 0 Å². The van der Waals surface area contributed by atoms with Gasteiger partial charge in [0.15, 0.2) is 0 Å². The summed E-state index contributed by atoms with van der Waals surface area (Å²) in [5, 5.41) is 0. The fourth-order valence-corrected chi connectivity index (χ4v) is 1.99. The van der Waals surface area contributed by atoms with Crippen LogP contribution in [-0.4, -0.2) is 58.4 Å². The fourth-order valence-electron chi connectivity index (χ4n) is 0.779. The van der Waals surface area contributed by atoms with Gasteiger partial charge in [0.1, 0.15) is 9.15 Å². The molecule has 0 aliphatic carbocycles. The van der Waals surface area contributed by atoms with Crippen LogP contribution in [0.15, 0.2) is 0 Å². The number of hydrogen-bond acceptors (Lipinski definition) is 7. The summed E-state index contributed by atoms with van der Waals surface area (Å²) in [6.07, 6.45) is 0. The smallest absolute Gasteiger partial charge is 0.739 e. The Bertz CT molecular complexity index is 246. The summed E-state index contributed by atoms with van der Waals surface area (Å²) in [5.74, 6) is 0.144. The molecule has 0 aromatic rings. The molecule has 0 amide bonds. The van der Waals surface area contributed by atoms with Crippen LogP contribution in [0.4, 0.5) is 0 Å². The molecule has 0 aromatic heterocycles. The molecule has 0 aliphatic rings. The van der Waals surface area contributed by atoms with Crippen LogP contribution >= 0.6 is 10.8 Å². The Balaban J connectivity index is 0. The Morgan fingerprint density at radius 1 is 1.00 bits per heavy atom. The maximum atomic E-state index is 10.2. The quantitative estimate of drug-likeness (QED) is 0.177. The summed E-state index contributed by atoms with van der Waals surface area (Å²) in [4.78, 5) is 0. The summed E-state index contributed by atoms with van der Waals surface area (Å²) < 4.78 is 45.8. The van der Waals surface area contributed by atoms with Crippen LogP contribution in [0, 0.1) is 0 Å². The van der Waals surface area contributed by atoms with Gasteiger partial charge < -0.3 is 18.8 Å². The molecular weight excluding hydrogens is 279 g/mol. The van der Waals surface area contributed by atoms with Crippen molar-refractivity contribution in [3.05, 3.63) is 0 Å². The van der Waals surface area contributed by atoms with E-state index in [9.17, 15) is 13.0 Å². The van der Waals surface area contributed by atoms with Crippen molar-refractivity contribution in [1.29, 1.82) is 0 Å². The molecule has 0 rings (SSSR count). The van der Waals surface area contributed by atoms with Crippen molar-refractivity contribution in [2.45, 2.75) is 6.92 Å². The molecule has 0 atom stereocenters. The average molecular weight is 296 g/mol. The molecule has 0 aliphatic heterocycles. The Labute approximate surface area is 128 Å². The second-order valence-electron chi connectivity index (χ2n) is 2.65. The Kier molecular flexibility index (Phi) is 16.3. The molecule has 0 saturated carbocycles. The molecule has 98 valence electrons. The third kappa shape index (κ3) is 19.7. The molecule has 0 spiro atoms. The molecule has 0 N–H and O–H groups in total. The molecule has 6 nitrogen and oxygen atoms in total. The number of rotatable bonds is 11. The van der Waals surface area contributed by atoms with Crippen molar-refractivity contribution in [3.63, 3.8) is 0 Å². The molecule has 0 radical (unpaired) electrons. The van der Waals surface area contributed by atoms with Gasteiger partial charge in [-0.15, -0.1) is 0 Å². The van der Waals surface area contributed by atoms with Gasteiger partial charge in [0, 0.05) is 12.4 Å². The van der Waals surface area contributed by atoms with Gasteiger partial charge in [-0.2, -0.15) is 0 Å². The predicted molar refractivity (Wildman–Crippen MR) is 60.3 cm³/mol. The SMILES string of the molecule is CCOCCOCCOCCSS(=O)(=O)[O-].[Na+]. The first-order valence-electron chi connectivity index (χ1n) is 4.89. The van der Waals surface area contributed by atoms with Gasteiger partial charge in [-0.25, -0.2) is 8.42 Å². The average Bonchev–Trinajstić information content (AvgIpc) is 2.19. The summed E-state index contributed by atoms with van der Waals surface area (Å²) in [7, 11) is -3.85. The first kappa shape index (κ1) is 20.5. The summed E-state index contributed by atoms with van der Waals surface area (Å²) in [5.41, 5.74) is 0. The van der Waals surface area contributed by atoms with E-state index in [0.29, 0.717) is 43.8 Å². The van der Waals surface area contributed by atoms with Crippen molar-refractivity contribution in [1.82, 2.24) is 0 Å². The molecule has 9 heteroatoms. The van der Waals surface area contributed by atoms with Crippen LogP contribution in [0.1, 0.15) is 6.92 Å².